The van der Waals surface area contributed by atoms with E-state index in [4.69, 9.17) is 32.7 Å². The number of nitro benzene ring substituents is 1. The lowest BCUT2D eigenvalue weighted by Gasteiger charge is -2.18. The molecule has 0 aliphatic carbocycles. The molecule has 29 heavy (non-hydrogen) atoms. The molecule has 0 bridgehead atoms. The average molecular weight is 441 g/mol. The van der Waals surface area contributed by atoms with E-state index in [0.717, 1.165) is 6.07 Å². The highest BCUT2D eigenvalue weighted by molar-refractivity contribution is 6.31. The van der Waals surface area contributed by atoms with E-state index in [9.17, 15) is 19.7 Å². The van der Waals surface area contributed by atoms with Gasteiger partial charge in [0.2, 0.25) is 0 Å². The Morgan fingerprint density at radius 1 is 1.14 bits per heavy atom. The van der Waals surface area contributed by atoms with Gasteiger partial charge in [-0.05, 0) is 50.6 Å². The Balaban J connectivity index is 2.01. The number of benzene rings is 2. The zero-order valence-electron chi connectivity index (χ0n) is 15.8. The van der Waals surface area contributed by atoms with Crippen LogP contribution in [0.2, 0.25) is 10.0 Å². The fraction of sp³-hybridized carbons (Fsp3) is 0.263. The number of halogens is 2. The molecule has 1 amide bonds. The van der Waals surface area contributed by atoms with Crippen LogP contribution in [-0.4, -0.2) is 29.0 Å². The lowest BCUT2D eigenvalue weighted by Crippen LogP contribution is -2.35. The zero-order valence-corrected chi connectivity index (χ0v) is 17.3. The van der Waals surface area contributed by atoms with Crippen molar-refractivity contribution in [1.29, 1.82) is 0 Å². The Morgan fingerprint density at radius 3 is 2.48 bits per heavy atom. The summed E-state index contributed by atoms with van der Waals surface area (Å²) in [5.41, 5.74) is 0.777. The quantitative estimate of drug-likeness (QED) is 0.384. The van der Waals surface area contributed by atoms with Crippen LogP contribution in [0.4, 0.5) is 11.4 Å². The molecule has 8 nitrogen and oxygen atoms in total. The fourth-order valence-electron chi connectivity index (χ4n) is 2.27. The van der Waals surface area contributed by atoms with Crippen molar-refractivity contribution >= 4 is 46.5 Å². The van der Waals surface area contributed by atoms with Crippen molar-refractivity contribution in [2.75, 3.05) is 5.32 Å². The van der Waals surface area contributed by atoms with E-state index in [0.29, 0.717) is 16.3 Å². The second-order valence-corrected chi connectivity index (χ2v) is 6.95. The van der Waals surface area contributed by atoms with Crippen molar-refractivity contribution in [3.63, 3.8) is 0 Å². The van der Waals surface area contributed by atoms with E-state index < -0.39 is 29.0 Å². The highest BCUT2D eigenvalue weighted by Crippen LogP contribution is 2.31. The van der Waals surface area contributed by atoms with Crippen LogP contribution in [0.15, 0.2) is 36.4 Å². The van der Waals surface area contributed by atoms with Gasteiger partial charge in [-0.15, -0.1) is 0 Å². The summed E-state index contributed by atoms with van der Waals surface area (Å²) < 4.78 is 10.4. The summed E-state index contributed by atoms with van der Waals surface area (Å²) in [6.07, 6.45) is -2.33. The molecule has 154 valence electrons. The number of amides is 1. The van der Waals surface area contributed by atoms with Crippen LogP contribution in [0.3, 0.4) is 0 Å². The van der Waals surface area contributed by atoms with Gasteiger partial charge in [-0.1, -0.05) is 29.3 Å². The van der Waals surface area contributed by atoms with E-state index in [1.54, 1.807) is 25.1 Å². The van der Waals surface area contributed by atoms with E-state index in [1.165, 1.54) is 26.0 Å². The minimum absolute atomic E-state index is 0.143. The van der Waals surface area contributed by atoms with E-state index in [2.05, 4.69) is 5.32 Å². The van der Waals surface area contributed by atoms with Gasteiger partial charge in [-0.3, -0.25) is 14.9 Å². The van der Waals surface area contributed by atoms with Crippen LogP contribution in [0, 0.1) is 17.0 Å². The topological polar surface area (TPSA) is 108 Å². The number of anilines is 1. The first kappa shape index (κ1) is 22.4. The smallest absolute Gasteiger partial charge is 0.347 e. The number of carbonyl (C=O) groups is 2. The summed E-state index contributed by atoms with van der Waals surface area (Å²) in [5, 5.41) is 14.4. The third kappa shape index (κ3) is 5.82. The highest BCUT2D eigenvalue weighted by Gasteiger charge is 2.26. The highest BCUT2D eigenvalue weighted by atomic mass is 35.5. The maximum absolute atomic E-state index is 12.3. The molecule has 0 fully saturated rings. The molecule has 0 aliphatic heterocycles. The minimum atomic E-state index is -1.20. The zero-order chi connectivity index (χ0) is 21.7. The lowest BCUT2D eigenvalue weighted by atomic mass is 10.2. The standard InChI is InChI=1S/C19H18Cl2N2O6/c1-10-14(21)5-4-6-15(10)22-18(24)11(2)29-19(25)12(3)28-17-8-7-13(20)9-16(17)23(26)27/h4-9,11-12H,1-3H3,(H,22,24). The Hall–Kier alpha value is -2.84. The fourth-order valence-corrected chi connectivity index (χ4v) is 2.61. The summed E-state index contributed by atoms with van der Waals surface area (Å²) >= 11 is 11.8. The molecule has 0 aromatic heterocycles. The normalized spacial score (nSPS) is 12.6. The molecule has 2 rings (SSSR count). The number of esters is 1. The number of hydrogen-bond donors (Lipinski definition) is 1. The third-order valence-corrected chi connectivity index (χ3v) is 4.59. The van der Waals surface area contributed by atoms with Gasteiger partial charge in [-0.25, -0.2) is 4.79 Å². The SMILES string of the molecule is Cc1c(Cl)cccc1NC(=O)C(C)OC(=O)C(C)Oc1ccc(Cl)cc1[N+](=O)[O-]. The lowest BCUT2D eigenvalue weighted by molar-refractivity contribution is -0.386. The van der Waals surface area contributed by atoms with Crippen LogP contribution in [-0.2, 0) is 14.3 Å². The number of hydrogen-bond acceptors (Lipinski definition) is 6. The number of nitrogens with one attached hydrogen (secondary N) is 1. The number of ether oxygens (including phenoxy) is 2. The second kappa shape index (κ2) is 9.58. The van der Waals surface area contributed by atoms with Crippen LogP contribution >= 0.6 is 23.2 Å². The summed E-state index contributed by atoms with van der Waals surface area (Å²) in [7, 11) is 0. The molecule has 2 unspecified atom stereocenters. The first-order chi connectivity index (χ1) is 13.6. The van der Waals surface area contributed by atoms with Crippen LogP contribution in [0.5, 0.6) is 5.75 Å². The average Bonchev–Trinajstić information content (AvgIpc) is 2.66. The number of nitrogens with zero attached hydrogens (tertiary/aromatic N) is 1. The van der Waals surface area contributed by atoms with Gasteiger partial charge in [0, 0.05) is 21.8 Å². The molecular weight excluding hydrogens is 423 g/mol. The van der Waals surface area contributed by atoms with Crippen LogP contribution < -0.4 is 10.1 Å². The maximum atomic E-state index is 12.3. The Kier molecular flexibility index (Phi) is 7.41. The van der Waals surface area contributed by atoms with E-state index >= 15 is 0 Å². The van der Waals surface area contributed by atoms with E-state index in [-0.39, 0.29) is 16.5 Å². The van der Waals surface area contributed by atoms with Crippen molar-refractivity contribution in [1.82, 2.24) is 0 Å². The van der Waals surface area contributed by atoms with Crippen molar-refractivity contribution < 1.29 is 24.0 Å². The van der Waals surface area contributed by atoms with Crippen molar-refractivity contribution in [3.05, 3.63) is 62.1 Å². The molecule has 0 heterocycles. The van der Waals surface area contributed by atoms with Gasteiger partial charge >= 0.3 is 11.7 Å². The number of nitro groups is 1. The summed E-state index contributed by atoms with van der Waals surface area (Å²) in [6.45, 7) is 4.49. The minimum Gasteiger partial charge on any atom is -0.472 e. The predicted octanol–water partition coefficient (Wildman–Crippen LogP) is 4.55. The van der Waals surface area contributed by atoms with Gasteiger partial charge in [0.1, 0.15) is 0 Å². The molecule has 0 spiro atoms. The summed E-state index contributed by atoms with van der Waals surface area (Å²) in [4.78, 5) is 35.0. The first-order valence-electron chi connectivity index (χ1n) is 8.47. The Morgan fingerprint density at radius 2 is 1.83 bits per heavy atom. The Labute approximate surface area is 176 Å². The molecule has 0 radical (unpaired) electrons. The van der Waals surface area contributed by atoms with Crippen LogP contribution in [0.25, 0.3) is 0 Å². The maximum Gasteiger partial charge on any atom is 0.347 e. The molecule has 2 aromatic rings. The third-order valence-electron chi connectivity index (χ3n) is 3.94. The molecule has 2 aromatic carbocycles. The van der Waals surface area contributed by atoms with Gasteiger partial charge in [0.15, 0.2) is 18.0 Å². The van der Waals surface area contributed by atoms with Gasteiger partial charge in [0.25, 0.3) is 5.91 Å². The second-order valence-electron chi connectivity index (χ2n) is 6.11. The first-order valence-corrected chi connectivity index (χ1v) is 9.22. The number of carbonyl (C=O) groups excluding carboxylic acids is 2. The van der Waals surface area contributed by atoms with Crippen LogP contribution in [0.1, 0.15) is 19.4 Å². The van der Waals surface area contributed by atoms with E-state index in [1.807, 2.05) is 0 Å². The molecule has 0 saturated carbocycles. The van der Waals surface area contributed by atoms with Gasteiger partial charge in [0.05, 0.1) is 4.92 Å². The molecular formula is C19H18Cl2N2O6. The van der Waals surface area contributed by atoms with Gasteiger partial charge < -0.3 is 14.8 Å². The Bertz CT molecular complexity index is 950. The van der Waals surface area contributed by atoms with Crippen molar-refractivity contribution in [3.8, 4) is 5.75 Å². The summed E-state index contributed by atoms with van der Waals surface area (Å²) in [5.74, 6) is -1.57. The van der Waals surface area contributed by atoms with Crippen molar-refractivity contribution in [2.24, 2.45) is 0 Å². The van der Waals surface area contributed by atoms with Crippen molar-refractivity contribution in [2.45, 2.75) is 33.0 Å². The molecule has 0 aliphatic rings. The molecule has 10 heteroatoms. The predicted molar refractivity (Wildman–Crippen MR) is 109 cm³/mol. The molecule has 2 atom stereocenters. The summed E-state index contributed by atoms with van der Waals surface area (Å²) in [6, 6.07) is 8.81. The van der Waals surface area contributed by atoms with Gasteiger partial charge in [-0.2, -0.15) is 0 Å². The largest absolute Gasteiger partial charge is 0.472 e. The molecule has 0 saturated heterocycles. The molecule has 1 N–H and O–H groups in total. The monoisotopic (exact) mass is 440 g/mol. The number of rotatable bonds is 7.